The summed E-state index contributed by atoms with van der Waals surface area (Å²) in [5, 5.41) is 9.30. The van der Waals surface area contributed by atoms with Gasteiger partial charge >= 0.3 is 0 Å². The summed E-state index contributed by atoms with van der Waals surface area (Å²) in [6.07, 6.45) is 6.72. The smallest absolute Gasteiger partial charge is 0.242 e. The summed E-state index contributed by atoms with van der Waals surface area (Å²) in [5.41, 5.74) is 1.33. The maximum absolute atomic E-state index is 12.2. The molecule has 0 saturated heterocycles. The molecule has 1 aliphatic carbocycles. The molecule has 0 amide bonds. The van der Waals surface area contributed by atoms with Crippen molar-refractivity contribution in [3.63, 3.8) is 0 Å². The molecule has 20 heavy (non-hydrogen) atoms. The predicted octanol–water partition coefficient (Wildman–Crippen LogP) is 0.517. The Bertz CT molecular complexity index is 686. The lowest BCUT2D eigenvalue weighted by Crippen LogP contribution is -2.23. The Morgan fingerprint density at radius 3 is 2.90 bits per heavy atom. The number of hydrogen-bond donors (Lipinski definition) is 3. The Labute approximate surface area is 116 Å². The molecule has 0 unspecified atom stereocenters. The fourth-order valence-corrected chi connectivity index (χ4v) is 3.16. The third kappa shape index (κ3) is 2.62. The van der Waals surface area contributed by atoms with Crippen LogP contribution in [-0.2, 0) is 23.2 Å². The van der Waals surface area contributed by atoms with Crippen LogP contribution in [0.5, 0.6) is 0 Å². The van der Waals surface area contributed by atoms with Crippen molar-refractivity contribution in [2.24, 2.45) is 0 Å². The topological polar surface area (TPSA) is 100 Å². The van der Waals surface area contributed by atoms with Crippen LogP contribution in [0.25, 0.3) is 0 Å². The molecule has 1 fully saturated rings. The van der Waals surface area contributed by atoms with E-state index in [-0.39, 0.29) is 18.0 Å². The van der Waals surface area contributed by atoms with Crippen LogP contribution >= 0.6 is 0 Å². The van der Waals surface area contributed by atoms with E-state index in [1.807, 2.05) is 4.57 Å². The van der Waals surface area contributed by atoms with Gasteiger partial charge in [-0.05, 0) is 18.9 Å². The Hall–Kier alpha value is -1.64. The average Bonchev–Trinajstić information content (AvgIpc) is 2.98. The summed E-state index contributed by atoms with van der Waals surface area (Å²) < 4.78 is 28.8. The van der Waals surface area contributed by atoms with E-state index in [0.29, 0.717) is 17.4 Å². The van der Waals surface area contributed by atoms with Crippen molar-refractivity contribution in [3.05, 3.63) is 36.2 Å². The van der Waals surface area contributed by atoms with E-state index >= 15 is 0 Å². The van der Waals surface area contributed by atoms with Gasteiger partial charge < -0.3 is 14.7 Å². The summed E-state index contributed by atoms with van der Waals surface area (Å²) in [4.78, 5) is 6.85. The second kappa shape index (κ2) is 5.04. The summed E-state index contributed by atoms with van der Waals surface area (Å²) in [6, 6.07) is 1.85. The van der Waals surface area contributed by atoms with Crippen LogP contribution in [0.15, 0.2) is 29.7 Å². The third-order valence-electron chi connectivity index (χ3n) is 3.33. The van der Waals surface area contributed by atoms with Gasteiger partial charge in [0.05, 0.1) is 24.4 Å². The van der Waals surface area contributed by atoms with Gasteiger partial charge in [0, 0.05) is 29.8 Å². The standard InChI is InChI=1S/C12H16N4O3S/c17-7-11-3-12(6-16(11)10-1-2-10)20(18,19)15-5-9-4-13-8-14-9/h3-4,6,8,10,15,17H,1-2,5,7H2,(H,13,14). The maximum Gasteiger partial charge on any atom is 0.242 e. The molecule has 0 aliphatic heterocycles. The molecule has 0 radical (unpaired) electrons. The van der Waals surface area contributed by atoms with Crippen molar-refractivity contribution < 1.29 is 13.5 Å². The monoisotopic (exact) mass is 296 g/mol. The zero-order chi connectivity index (χ0) is 14.2. The van der Waals surface area contributed by atoms with Crippen molar-refractivity contribution in [3.8, 4) is 0 Å². The minimum absolute atomic E-state index is 0.158. The summed E-state index contributed by atoms with van der Waals surface area (Å²) >= 11 is 0. The van der Waals surface area contributed by atoms with E-state index in [0.717, 1.165) is 12.8 Å². The van der Waals surface area contributed by atoms with E-state index < -0.39 is 10.0 Å². The molecule has 108 valence electrons. The summed E-state index contributed by atoms with van der Waals surface area (Å²) in [6.45, 7) is -0.00202. The highest BCUT2D eigenvalue weighted by Gasteiger charge is 2.28. The zero-order valence-corrected chi connectivity index (χ0v) is 11.6. The minimum Gasteiger partial charge on any atom is -0.390 e. The molecule has 3 N–H and O–H groups in total. The number of aromatic nitrogens is 3. The first-order valence-corrected chi connectivity index (χ1v) is 7.87. The predicted molar refractivity (Wildman–Crippen MR) is 71.2 cm³/mol. The maximum atomic E-state index is 12.2. The molecule has 0 aromatic carbocycles. The molecule has 2 heterocycles. The van der Waals surface area contributed by atoms with Gasteiger partial charge in [-0.25, -0.2) is 18.1 Å². The van der Waals surface area contributed by atoms with Crippen molar-refractivity contribution in [1.82, 2.24) is 19.3 Å². The van der Waals surface area contributed by atoms with Gasteiger partial charge in [0.2, 0.25) is 10.0 Å². The lowest BCUT2D eigenvalue weighted by atomic mass is 10.4. The Balaban J connectivity index is 1.79. The number of nitrogens with one attached hydrogen (secondary N) is 2. The van der Waals surface area contributed by atoms with Crippen molar-refractivity contribution >= 4 is 10.0 Å². The lowest BCUT2D eigenvalue weighted by Gasteiger charge is -2.04. The Morgan fingerprint density at radius 1 is 1.50 bits per heavy atom. The Morgan fingerprint density at radius 2 is 2.30 bits per heavy atom. The molecule has 1 aliphatic rings. The second-order valence-corrected chi connectivity index (χ2v) is 6.63. The number of aromatic amines is 1. The molecule has 7 nitrogen and oxygen atoms in total. The number of H-pyrrole nitrogens is 1. The molecule has 3 rings (SSSR count). The van der Waals surface area contributed by atoms with Crippen molar-refractivity contribution in [1.29, 1.82) is 0 Å². The van der Waals surface area contributed by atoms with Crippen LogP contribution in [0, 0.1) is 0 Å². The average molecular weight is 296 g/mol. The zero-order valence-electron chi connectivity index (χ0n) is 10.8. The number of rotatable bonds is 6. The fourth-order valence-electron chi connectivity index (χ4n) is 2.10. The number of imidazole rings is 1. The molecule has 2 aromatic rings. The van der Waals surface area contributed by atoms with Gasteiger partial charge in [-0.3, -0.25) is 0 Å². The van der Waals surface area contributed by atoms with E-state index in [2.05, 4.69) is 14.7 Å². The van der Waals surface area contributed by atoms with Crippen LogP contribution in [0.1, 0.15) is 30.3 Å². The number of sulfonamides is 1. The molecule has 2 aromatic heterocycles. The first-order chi connectivity index (χ1) is 9.60. The highest BCUT2D eigenvalue weighted by molar-refractivity contribution is 7.89. The molecule has 1 saturated carbocycles. The third-order valence-corrected chi connectivity index (χ3v) is 4.70. The quantitative estimate of drug-likeness (QED) is 0.723. The summed E-state index contributed by atoms with van der Waals surface area (Å²) in [7, 11) is -3.58. The normalized spacial score (nSPS) is 15.7. The highest BCUT2D eigenvalue weighted by atomic mass is 32.2. The molecular formula is C12H16N4O3S. The van der Waals surface area contributed by atoms with Crippen LogP contribution in [0.4, 0.5) is 0 Å². The van der Waals surface area contributed by atoms with Gasteiger partial charge in [-0.2, -0.15) is 0 Å². The summed E-state index contributed by atoms with van der Waals surface area (Å²) in [5.74, 6) is 0. The van der Waals surface area contributed by atoms with Gasteiger partial charge in [0.1, 0.15) is 0 Å². The number of aliphatic hydroxyl groups excluding tert-OH is 1. The van der Waals surface area contributed by atoms with Crippen molar-refractivity contribution in [2.75, 3.05) is 0 Å². The van der Waals surface area contributed by atoms with Crippen LogP contribution in [0.3, 0.4) is 0 Å². The Kier molecular flexibility index (Phi) is 3.36. The first kappa shape index (κ1) is 13.3. The molecule has 0 spiro atoms. The molecule has 0 bridgehead atoms. The fraction of sp³-hybridized carbons (Fsp3) is 0.417. The largest absolute Gasteiger partial charge is 0.390 e. The second-order valence-electron chi connectivity index (χ2n) is 4.87. The highest BCUT2D eigenvalue weighted by Crippen LogP contribution is 2.37. The van der Waals surface area contributed by atoms with Gasteiger partial charge in [0.25, 0.3) is 0 Å². The first-order valence-electron chi connectivity index (χ1n) is 6.38. The number of aliphatic hydroxyl groups is 1. The van der Waals surface area contributed by atoms with E-state index in [1.54, 1.807) is 12.4 Å². The van der Waals surface area contributed by atoms with E-state index in [4.69, 9.17) is 0 Å². The lowest BCUT2D eigenvalue weighted by molar-refractivity contribution is 0.270. The minimum atomic E-state index is -3.58. The SMILES string of the molecule is O=S(=O)(NCc1cnc[nH]1)c1cc(CO)n(C2CC2)c1. The molecular weight excluding hydrogens is 280 g/mol. The van der Waals surface area contributed by atoms with E-state index in [1.165, 1.54) is 12.4 Å². The number of nitrogens with zero attached hydrogens (tertiary/aromatic N) is 2. The van der Waals surface area contributed by atoms with Crippen LogP contribution in [0.2, 0.25) is 0 Å². The van der Waals surface area contributed by atoms with Gasteiger partial charge in [0.15, 0.2) is 0 Å². The van der Waals surface area contributed by atoms with Gasteiger partial charge in [-0.1, -0.05) is 0 Å². The van der Waals surface area contributed by atoms with E-state index in [9.17, 15) is 13.5 Å². The van der Waals surface area contributed by atoms with Crippen LogP contribution < -0.4 is 4.72 Å². The number of hydrogen-bond acceptors (Lipinski definition) is 4. The van der Waals surface area contributed by atoms with Crippen LogP contribution in [-0.4, -0.2) is 28.1 Å². The van der Waals surface area contributed by atoms with Gasteiger partial charge in [-0.15, -0.1) is 0 Å². The molecule has 8 heteroatoms. The van der Waals surface area contributed by atoms with Crippen molar-refractivity contribution in [2.45, 2.75) is 36.9 Å². The molecule has 0 atom stereocenters.